The molecule has 0 bridgehead atoms. The Labute approximate surface area is 117 Å². The van der Waals surface area contributed by atoms with Crippen molar-refractivity contribution in [2.24, 2.45) is 0 Å². The Morgan fingerprint density at radius 2 is 2.16 bits per heavy atom. The maximum absolute atomic E-state index is 13.3. The van der Waals surface area contributed by atoms with E-state index < -0.39 is 5.82 Å². The van der Waals surface area contributed by atoms with Gasteiger partial charge in [-0.05, 0) is 31.2 Å². The van der Waals surface area contributed by atoms with Crippen LogP contribution in [0.3, 0.4) is 0 Å². The van der Waals surface area contributed by atoms with Crippen LogP contribution >= 0.6 is 11.8 Å². The third-order valence-electron chi connectivity index (χ3n) is 3.82. The topological polar surface area (TPSA) is 55.1 Å². The molecule has 0 atom stereocenters. The summed E-state index contributed by atoms with van der Waals surface area (Å²) in [6.45, 7) is 0.614. The molecule has 0 aliphatic heterocycles. The number of carbonyl (C=O) groups is 1. The molecule has 5 heteroatoms. The Morgan fingerprint density at radius 1 is 1.47 bits per heavy atom. The molecule has 3 N–H and O–H groups in total. The lowest BCUT2D eigenvalue weighted by Gasteiger charge is -2.27. The molecule has 19 heavy (non-hydrogen) atoms. The maximum atomic E-state index is 13.3. The van der Waals surface area contributed by atoms with Crippen molar-refractivity contribution in [1.29, 1.82) is 0 Å². The van der Waals surface area contributed by atoms with Crippen molar-refractivity contribution in [1.82, 2.24) is 5.32 Å². The second-order valence-electron chi connectivity index (χ2n) is 4.98. The van der Waals surface area contributed by atoms with Gasteiger partial charge in [-0.25, -0.2) is 4.39 Å². The summed E-state index contributed by atoms with van der Waals surface area (Å²) in [6, 6.07) is 4.31. The zero-order chi connectivity index (χ0) is 13.9. The summed E-state index contributed by atoms with van der Waals surface area (Å²) in [5.41, 5.74) is 5.73. The van der Waals surface area contributed by atoms with E-state index in [-0.39, 0.29) is 21.9 Å². The van der Waals surface area contributed by atoms with E-state index >= 15 is 0 Å². The highest BCUT2D eigenvalue weighted by Crippen LogP contribution is 2.39. The maximum Gasteiger partial charge on any atom is 0.253 e. The number of carbonyl (C=O) groups excluding carboxylic acids is 1. The first-order valence-corrected chi connectivity index (χ1v) is 7.68. The summed E-state index contributed by atoms with van der Waals surface area (Å²) in [6.07, 6.45) is 6.73. The van der Waals surface area contributed by atoms with Gasteiger partial charge in [0.1, 0.15) is 5.82 Å². The van der Waals surface area contributed by atoms with Crippen molar-refractivity contribution in [2.45, 2.75) is 30.4 Å². The van der Waals surface area contributed by atoms with E-state index in [1.54, 1.807) is 17.8 Å². The number of hydrogen-bond acceptors (Lipinski definition) is 3. The van der Waals surface area contributed by atoms with Crippen LogP contribution in [0.2, 0.25) is 0 Å². The van der Waals surface area contributed by atoms with Gasteiger partial charge in [0, 0.05) is 11.3 Å². The fraction of sp³-hybridized carbons (Fsp3) is 0.500. The fourth-order valence-corrected chi connectivity index (χ4v) is 3.46. The van der Waals surface area contributed by atoms with E-state index in [0.717, 1.165) is 12.8 Å². The third-order valence-corrected chi connectivity index (χ3v) is 5.24. The highest BCUT2D eigenvalue weighted by molar-refractivity contribution is 8.00. The zero-order valence-corrected chi connectivity index (χ0v) is 11.9. The molecule has 0 spiro atoms. The number of nitrogens with two attached hydrogens (primary N) is 1. The standard InChI is InChI=1S/C14H19FN2OS/c1-19-14(7-2-3-8-14)9-17-13(18)10-5-4-6-11(15)12(10)16/h4-6H,2-3,7-9,16H2,1H3,(H,17,18). The number of anilines is 1. The van der Waals surface area contributed by atoms with Gasteiger partial charge in [-0.15, -0.1) is 0 Å². The molecule has 0 saturated heterocycles. The largest absolute Gasteiger partial charge is 0.396 e. The van der Waals surface area contributed by atoms with Crippen molar-refractivity contribution in [3.63, 3.8) is 0 Å². The summed E-state index contributed by atoms with van der Waals surface area (Å²) < 4.78 is 13.4. The Balaban J connectivity index is 2.03. The number of amides is 1. The average molecular weight is 282 g/mol. The first-order chi connectivity index (χ1) is 9.08. The van der Waals surface area contributed by atoms with Crippen molar-refractivity contribution in [2.75, 3.05) is 18.5 Å². The lowest BCUT2D eigenvalue weighted by molar-refractivity contribution is 0.0950. The highest BCUT2D eigenvalue weighted by atomic mass is 32.2. The SMILES string of the molecule is CSC1(CNC(=O)c2cccc(F)c2N)CCCC1. The van der Waals surface area contributed by atoms with Crippen LogP contribution < -0.4 is 11.1 Å². The Hall–Kier alpha value is -1.23. The van der Waals surface area contributed by atoms with Crippen LogP contribution in [0.5, 0.6) is 0 Å². The van der Waals surface area contributed by atoms with Gasteiger partial charge >= 0.3 is 0 Å². The smallest absolute Gasteiger partial charge is 0.253 e. The summed E-state index contributed by atoms with van der Waals surface area (Å²) in [4.78, 5) is 12.1. The molecule has 2 rings (SSSR count). The molecule has 0 aromatic heterocycles. The lowest BCUT2D eigenvalue weighted by atomic mass is 10.1. The molecule has 0 heterocycles. The quantitative estimate of drug-likeness (QED) is 0.835. The van der Waals surface area contributed by atoms with Gasteiger partial charge in [0.15, 0.2) is 0 Å². The van der Waals surface area contributed by atoms with Crippen LogP contribution in [-0.2, 0) is 0 Å². The lowest BCUT2D eigenvalue weighted by Crippen LogP contribution is -2.38. The monoisotopic (exact) mass is 282 g/mol. The number of benzene rings is 1. The fourth-order valence-electron chi connectivity index (χ4n) is 2.54. The minimum absolute atomic E-state index is 0.0791. The van der Waals surface area contributed by atoms with Gasteiger partial charge < -0.3 is 11.1 Å². The van der Waals surface area contributed by atoms with Gasteiger partial charge in [-0.1, -0.05) is 18.9 Å². The molecule has 1 fully saturated rings. The number of para-hydroxylation sites is 1. The van der Waals surface area contributed by atoms with Crippen LogP contribution in [0, 0.1) is 5.82 Å². The molecule has 1 aliphatic rings. The highest BCUT2D eigenvalue weighted by Gasteiger charge is 2.33. The van der Waals surface area contributed by atoms with Gasteiger partial charge in [0.05, 0.1) is 11.3 Å². The molecule has 3 nitrogen and oxygen atoms in total. The van der Waals surface area contributed by atoms with E-state index in [1.165, 1.54) is 25.0 Å². The molecular weight excluding hydrogens is 263 g/mol. The van der Waals surface area contributed by atoms with Crippen molar-refractivity contribution >= 4 is 23.4 Å². The molecule has 104 valence electrons. The minimum Gasteiger partial charge on any atom is -0.396 e. The van der Waals surface area contributed by atoms with E-state index in [4.69, 9.17) is 5.73 Å². The van der Waals surface area contributed by atoms with Gasteiger partial charge in [0.2, 0.25) is 0 Å². The van der Waals surface area contributed by atoms with E-state index in [1.807, 2.05) is 0 Å². The zero-order valence-electron chi connectivity index (χ0n) is 11.0. The van der Waals surface area contributed by atoms with Crippen LogP contribution in [-0.4, -0.2) is 23.5 Å². The van der Waals surface area contributed by atoms with Crippen LogP contribution in [0.4, 0.5) is 10.1 Å². The molecule has 0 radical (unpaired) electrons. The van der Waals surface area contributed by atoms with Crippen LogP contribution in [0.25, 0.3) is 0 Å². The van der Waals surface area contributed by atoms with Crippen molar-refractivity contribution in [3.8, 4) is 0 Å². The van der Waals surface area contributed by atoms with Crippen LogP contribution in [0.15, 0.2) is 18.2 Å². The second kappa shape index (κ2) is 5.82. The number of rotatable bonds is 4. The summed E-state index contributed by atoms with van der Waals surface area (Å²) in [7, 11) is 0. The third kappa shape index (κ3) is 3.03. The number of hydrogen-bond donors (Lipinski definition) is 2. The second-order valence-corrected chi connectivity index (χ2v) is 6.25. The molecular formula is C14H19FN2OS. The Morgan fingerprint density at radius 3 is 2.79 bits per heavy atom. The van der Waals surface area contributed by atoms with Crippen molar-refractivity contribution < 1.29 is 9.18 Å². The molecule has 1 aliphatic carbocycles. The minimum atomic E-state index is -0.548. The predicted molar refractivity (Wildman–Crippen MR) is 77.9 cm³/mol. The van der Waals surface area contributed by atoms with Gasteiger partial charge in [-0.3, -0.25) is 4.79 Å². The Bertz CT molecular complexity index is 473. The number of nitrogen functional groups attached to an aromatic ring is 1. The van der Waals surface area contributed by atoms with Crippen LogP contribution in [0.1, 0.15) is 36.0 Å². The molecule has 1 aromatic rings. The van der Waals surface area contributed by atoms with E-state index in [0.29, 0.717) is 6.54 Å². The molecule has 1 saturated carbocycles. The number of halogens is 1. The first kappa shape index (κ1) is 14.2. The molecule has 0 unspecified atom stereocenters. The van der Waals surface area contributed by atoms with Gasteiger partial charge in [-0.2, -0.15) is 11.8 Å². The Kier molecular flexibility index (Phi) is 4.34. The summed E-state index contributed by atoms with van der Waals surface area (Å²) in [5.74, 6) is -0.842. The van der Waals surface area contributed by atoms with Gasteiger partial charge in [0.25, 0.3) is 5.91 Å². The predicted octanol–water partition coefficient (Wildman–Crippen LogP) is 2.81. The summed E-state index contributed by atoms with van der Waals surface area (Å²) in [5, 5.41) is 2.89. The van der Waals surface area contributed by atoms with E-state index in [2.05, 4.69) is 11.6 Å². The molecule has 1 amide bonds. The number of nitrogens with one attached hydrogen (secondary N) is 1. The molecule has 1 aromatic carbocycles. The normalized spacial score (nSPS) is 17.4. The van der Waals surface area contributed by atoms with Crippen molar-refractivity contribution in [3.05, 3.63) is 29.6 Å². The first-order valence-electron chi connectivity index (χ1n) is 6.45. The average Bonchev–Trinajstić information content (AvgIpc) is 2.89. The van der Waals surface area contributed by atoms with E-state index in [9.17, 15) is 9.18 Å². The number of thioether (sulfide) groups is 1. The summed E-state index contributed by atoms with van der Waals surface area (Å²) >= 11 is 1.80.